The first-order valence-electron chi connectivity index (χ1n) is 13.5. The van der Waals surface area contributed by atoms with Crippen molar-refractivity contribution in [2.45, 2.75) is 11.8 Å². The molecule has 0 fully saturated rings. The topological polar surface area (TPSA) is 185 Å². The van der Waals surface area contributed by atoms with E-state index in [1.54, 1.807) is 56.5 Å². The molecule has 6 aromatic heterocycles. The van der Waals surface area contributed by atoms with Crippen molar-refractivity contribution in [1.29, 1.82) is 0 Å². The maximum absolute atomic E-state index is 12.1. The normalized spacial score (nSPS) is 10.4. The fourth-order valence-corrected chi connectivity index (χ4v) is 4.89. The summed E-state index contributed by atoms with van der Waals surface area (Å²) in [6, 6.07) is 16.5. The van der Waals surface area contributed by atoms with E-state index in [9.17, 15) is 9.59 Å². The van der Waals surface area contributed by atoms with Gasteiger partial charge < -0.3 is 29.1 Å². The number of furan rings is 2. The van der Waals surface area contributed by atoms with E-state index in [-0.39, 0.29) is 40.6 Å². The number of rotatable bonds is 9. The van der Waals surface area contributed by atoms with Gasteiger partial charge in [0.05, 0.1) is 61.0 Å². The summed E-state index contributed by atoms with van der Waals surface area (Å²) < 4.78 is 22.0. The van der Waals surface area contributed by atoms with Crippen LogP contribution in [0.25, 0.3) is 44.3 Å². The van der Waals surface area contributed by atoms with Gasteiger partial charge >= 0.3 is 41.5 Å². The molecule has 7 aromatic rings. The Morgan fingerprint density at radius 2 is 1.62 bits per heavy atom. The number of aromatic carboxylic acids is 1. The van der Waals surface area contributed by atoms with Crippen molar-refractivity contribution in [3.63, 3.8) is 0 Å². The number of pyridine rings is 2. The van der Waals surface area contributed by atoms with Crippen LogP contribution in [0.2, 0.25) is 0 Å². The quantitative estimate of drug-likeness (QED) is 0.0747. The Morgan fingerprint density at radius 1 is 0.936 bits per heavy atom. The average molecular weight is 665 g/mol. The van der Waals surface area contributed by atoms with Crippen LogP contribution in [0.4, 0.5) is 0 Å². The molecule has 47 heavy (non-hydrogen) atoms. The molecule has 0 saturated carbocycles. The van der Waals surface area contributed by atoms with Crippen molar-refractivity contribution in [3.05, 3.63) is 116 Å². The number of carbonyl (C=O) groups is 2. The number of H-pyrrole nitrogens is 1. The van der Waals surface area contributed by atoms with Crippen molar-refractivity contribution >= 4 is 46.0 Å². The second-order valence-corrected chi connectivity index (χ2v) is 10.1. The summed E-state index contributed by atoms with van der Waals surface area (Å²) in [4.78, 5) is 40.7. The Hall–Kier alpha value is -4.83. The number of nitrogens with zero attached hydrogens (tertiary/aromatic N) is 3. The minimum atomic E-state index is -0.987. The van der Waals surface area contributed by atoms with Gasteiger partial charge in [0.15, 0.2) is 5.65 Å². The van der Waals surface area contributed by atoms with Crippen LogP contribution in [-0.4, -0.2) is 48.8 Å². The largest absolute Gasteiger partial charge is 1.00 e. The molecular formula is C32H25N4NaO9S. The number of aromatic amines is 1. The van der Waals surface area contributed by atoms with Crippen molar-refractivity contribution in [2.24, 2.45) is 0 Å². The van der Waals surface area contributed by atoms with E-state index in [2.05, 4.69) is 15.0 Å². The van der Waals surface area contributed by atoms with E-state index in [4.69, 9.17) is 28.0 Å². The number of carboxylic acid groups (broad SMARTS) is 1. The molecule has 0 bridgehead atoms. The number of aromatic nitrogens is 4. The van der Waals surface area contributed by atoms with Crippen LogP contribution in [0, 0.1) is 0 Å². The molecule has 0 saturated heterocycles. The smallest absolute Gasteiger partial charge is 0.870 e. The van der Waals surface area contributed by atoms with Crippen molar-refractivity contribution in [3.8, 4) is 22.3 Å². The van der Waals surface area contributed by atoms with E-state index < -0.39 is 11.9 Å². The van der Waals surface area contributed by atoms with Crippen molar-refractivity contribution in [2.75, 3.05) is 6.61 Å². The molecule has 0 aliphatic rings. The van der Waals surface area contributed by atoms with Crippen LogP contribution < -0.4 is 34.5 Å². The summed E-state index contributed by atoms with van der Waals surface area (Å²) in [5, 5.41) is 10.4. The maximum atomic E-state index is 12.1. The molecule has 0 unspecified atom stereocenters. The third-order valence-electron chi connectivity index (χ3n) is 6.55. The Kier molecular flexibility index (Phi) is 12.0. The zero-order valence-electron chi connectivity index (χ0n) is 25.0. The molecule has 13 nitrogen and oxygen atoms in total. The number of carboxylic acids is 1. The number of hydrogen-bond acceptors (Lipinski definition) is 11. The molecule has 3 N–H and O–H groups in total. The van der Waals surface area contributed by atoms with Gasteiger partial charge in [0.2, 0.25) is 0 Å². The summed E-state index contributed by atoms with van der Waals surface area (Å²) >= 11 is 1.08. The van der Waals surface area contributed by atoms with Gasteiger partial charge in [-0.25, -0.2) is 24.5 Å². The second-order valence-electron chi connectivity index (χ2n) is 9.37. The van der Waals surface area contributed by atoms with Gasteiger partial charge in [-0.15, -0.1) is 4.73 Å². The molecule has 0 spiro atoms. The van der Waals surface area contributed by atoms with E-state index in [1.165, 1.54) is 17.1 Å². The zero-order chi connectivity index (χ0) is 31.2. The summed E-state index contributed by atoms with van der Waals surface area (Å²) in [6.07, 6.45) is 12.7. The predicted molar refractivity (Wildman–Crippen MR) is 166 cm³/mol. The van der Waals surface area contributed by atoms with Crippen LogP contribution in [-0.2, 0) is 9.07 Å². The monoisotopic (exact) mass is 664 g/mol. The Bertz CT molecular complexity index is 2060. The van der Waals surface area contributed by atoms with Crippen LogP contribution in [0.3, 0.4) is 0 Å². The van der Waals surface area contributed by atoms with E-state index in [0.29, 0.717) is 28.9 Å². The summed E-state index contributed by atoms with van der Waals surface area (Å²) in [5.74, 6) is -1.42. The minimum absolute atomic E-state index is 0. The molecule has 7 rings (SSSR count). The number of esters is 1. The number of fused-ring (bicyclic) bond motifs is 2. The van der Waals surface area contributed by atoms with Gasteiger partial charge in [-0.1, -0.05) is 22.5 Å². The third kappa shape index (κ3) is 7.94. The summed E-state index contributed by atoms with van der Waals surface area (Å²) in [6.45, 7) is 2.05. The minimum Gasteiger partial charge on any atom is -0.870 e. The molecule has 0 aliphatic heterocycles. The van der Waals surface area contributed by atoms with Crippen molar-refractivity contribution in [1.82, 2.24) is 19.7 Å². The van der Waals surface area contributed by atoms with Crippen LogP contribution >= 0.6 is 12.0 Å². The number of benzene rings is 1. The van der Waals surface area contributed by atoms with Gasteiger partial charge in [-0.3, -0.25) is 0 Å². The number of nitrogens with one attached hydrogen (secondary N) is 1. The summed E-state index contributed by atoms with van der Waals surface area (Å²) in [5.41, 5.74) is 5.06. The Morgan fingerprint density at radius 3 is 2.28 bits per heavy atom. The zero-order valence-corrected chi connectivity index (χ0v) is 27.8. The fourth-order valence-electron chi connectivity index (χ4n) is 4.45. The Balaban J connectivity index is 0.000000226. The third-order valence-corrected chi connectivity index (χ3v) is 7.14. The van der Waals surface area contributed by atoms with Crippen molar-refractivity contribution < 1.29 is 72.6 Å². The molecule has 0 aliphatic carbocycles. The molecule has 15 heteroatoms. The molecule has 0 atom stereocenters. The molecule has 0 amide bonds. The molecular weight excluding hydrogens is 639 g/mol. The van der Waals surface area contributed by atoms with Crippen LogP contribution in [0.5, 0.6) is 0 Å². The first kappa shape index (κ1) is 35.0. The maximum Gasteiger partial charge on any atom is 1.00 e. The predicted octanol–water partition coefficient (Wildman–Crippen LogP) is 3.89. The van der Waals surface area contributed by atoms with E-state index in [1.807, 2.05) is 42.5 Å². The van der Waals surface area contributed by atoms with Gasteiger partial charge in [0.25, 0.3) is 0 Å². The summed E-state index contributed by atoms with van der Waals surface area (Å²) in [7, 11) is 0. The van der Waals surface area contributed by atoms with Crippen LogP contribution in [0.1, 0.15) is 27.6 Å². The standard InChI is InChI=1S/C20H16N2O5S.C12H8N2O3.Na.H2O/c1-2-25-20(23)15-10-17-18(14-8-9-24-13-14)12-22(19(17)21-11-15)26-27-28-16-6-4-3-5-7-16;15-12(16)8-3-9-10(7-1-2-17-6-7)5-14-11(9)13-4-8;;/h3-13H,2H2,1H3;1-6H,(H,13,14)(H,15,16);;1H2/q;;+1;/p-1. The first-order valence-corrected chi connectivity index (χ1v) is 14.3. The van der Waals surface area contributed by atoms with E-state index >= 15 is 0 Å². The van der Waals surface area contributed by atoms with Gasteiger partial charge in [0, 0.05) is 56.5 Å². The number of ether oxygens (including phenoxy) is 1. The second kappa shape index (κ2) is 16.1. The number of hydrogen-bond donors (Lipinski definition) is 2. The molecule has 1 aromatic carbocycles. The average Bonchev–Trinajstić information content (AvgIpc) is 3.88. The van der Waals surface area contributed by atoms with Gasteiger partial charge in [-0.05, 0) is 43.3 Å². The van der Waals surface area contributed by atoms with E-state index in [0.717, 1.165) is 44.6 Å². The molecule has 0 radical (unpaired) electrons. The van der Waals surface area contributed by atoms with Crippen LogP contribution in [0.15, 0.2) is 118 Å². The van der Waals surface area contributed by atoms with Gasteiger partial charge in [0.1, 0.15) is 5.65 Å². The SMILES string of the molecule is CCOC(=O)c1cnc2c(c1)c(-c1ccoc1)cn2OOSc1ccccc1.O=C(O)c1cnc2[nH]cc(-c3ccoc3)c2c1.[Na+].[OH-]. The van der Waals surface area contributed by atoms with Gasteiger partial charge in [-0.2, -0.15) is 0 Å². The fraction of sp³-hybridized carbons (Fsp3) is 0.0625. The number of carbonyl (C=O) groups excluding carboxylic acids is 1. The Labute approximate surface area is 293 Å². The molecule has 6 heterocycles. The first-order chi connectivity index (χ1) is 22.0. The molecule has 234 valence electrons.